The van der Waals surface area contributed by atoms with Gasteiger partial charge in [0.15, 0.2) is 0 Å². The van der Waals surface area contributed by atoms with Crippen LogP contribution in [0, 0.1) is 11.6 Å². The Morgan fingerprint density at radius 2 is 2.08 bits per heavy atom. The number of carbonyl (C=O) groups excluding carboxylic acids is 1. The number of amides is 1. The minimum absolute atomic E-state index is 0.0772. The van der Waals surface area contributed by atoms with E-state index >= 15 is 0 Å². The summed E-state index contributed by atoms with van der Waals surface area (Å²) in [5.41, 5.74) is 6.68. The van der Waals surface area contributed by atoms with Crippen molar-refractivity contribution in [2.75, 3.05) is 6.61 Å². The molecule has 2 aromatic heterocycles. The van der Waals surface area contributed by atoms with E-state index < -0.39 is 17.5 Å². The van der Waals surface area contributed by atoms with Crippen molar-refractivity contribution >= 4 is 16.8 Å². The van der Waals surface area contributed by atoms with Crippen LogP contribution in [0.5, 0.6) is 0 Å². The van der Waals surface area contributed by atoms with Crippen molar-refractivity contribution in [2.24, 2.45) is 5.73 Å². The second kappa shape index (κ2) is 6.86. The minimum atomic E-state index is -0.675. The molecule has 130 valence electrons. The molecule has 3 N–H and O–H groups in total. The maximum absolute atomic E-state index is 13.6. The van der Waals surface area contributed by atoms with Crippen LogP contribution in [0.15, 0.2) is 36.7 Å². The van der Waals surface area contributed by atoms with E-state index in [1.54, 1.807) is 6.20 Å². The molecule has 0 spiro atoms. The number of nitrogens with zero attached hydrogens (tertiary/aromatic N) is 2. The fourth-order valence-corrected chi connectivity index (χ4v) is 2.51. The van der Waals surface area contributed by atoms with Gasteiger partial charge in [0.2, 0.25) is 0 Å². The Balaban J connectivity index is 1.80. The number of primary amides is 1. The summed E-state index contributed by atoms with van der Waals surface area (Å²) in [5, 5.41) is 10.0. The molecule has 1 aromatic carbocycles. The zero-order chi connectivity index (χ0) is 18.0. The van der Waals surface area contributed by atoms with E-state index in [0.29, 0.717) is 22.0 Å². The molecule has 0 radical (unpaired) electrons. The number of pyridine rings is 1. The van der Waals surface area contributed by atoms with Crippen LogP contribution in [0.2, 0.25) is 0 Å². The van der Waals surface area contributed by atoms with Crippen molar-refractivity contribution in [2.45, 2.75) is 13.0 Å². The van der Waals surface area contributed by atoms with Gasteiger partial charge in [-0.05, 0) is 17.7 Å². The molecule has 0 aliphatic rings. The van der Waals surface area contributed by atoms with Gasteiger partial charge in [0.25, 0.3) is 5.91 Å². The standard InChI is InChI=1S/C17H15F2N3O3/c18-12-2-1-10(14(19)5-12)3-4-25-22-8-11(9-23)13-6-15(17(20)24)21-7-16(13)22/h1-2,5-8,23H,3-4,9H2,(H2,20,24). The van der Waals surface area contributed by atoms with Gasteiger partial charge < -0.3 is 15.7 Å². The van der Waals surface area contributed by atoms with Crippen LogP contribution in [0.3, 0.4) is 0 Å². The summed E-state index contributed by atoms with van der Waals surface area (Å²) in [6, 6.07) is 4.84. The van der Waals surface area contributed by atoms with Crippen molar-refractivity contribution in [3.8, 4) is 0 Å². The first-order valence-electron chi connectivity index (χ1n) is 7.47. The SMILES string of the molecule is NC(=O)c1cc2c(CO)cn(OCCc3ccc(F)cc3F)c2cn1. The Hall–Kier alpha value is -3.00. The van der Waals surface area contributed by atoms with Gasteiger partial charge in [-0.3, -0.25) is 4.79 Å². The van der Waals surface area contributed by atoms with E-state index in [1.807, 2.05) is 0 Å². The molecule has 0 saturated heterocycles. The number of hydrogen-bond donors (Lipinski definition) is 2. The summed E-state index contributed by atoms with van der Waals surface area (Å²) in [7, 11) is 0. The molecule has 6 nitrogen and oxygen atoms in total. The van der Waals surface area contributed by atoms with Crippen molar-refractivity contribution in [1.82, 2.24) is 9.71 Å². The Labute approximate surface area is 141 Å². The molecule has 8 heteroatoms. The molecule has 0 unspecified atom stereocenters. The van der Waals surface area contributed by atoms with E-state index in [-0.39, 0.29) is 25.3 Å². The molecular formula is C17H15F2N3O3. The zero-order valence-corrected chi connectivity index (χ0v) is 13.1. The molecule has 1 amide bonds. The predicted molar refractivity (Wildman–Crippen MR) is 85.7 cm³/mol. The summed E-state index contributed by atoms with van der Waals surface area (Å²) in [4.78, 5) is 20.8. The van der Waals surface area contributed by atoms with Gasteiger partial charge in [0.1, 0.15) is 29.5 Å². The van der Waals surface area contributed by atoms with Gasteiger partial charge >= 0.3 is 0 Å². The van der Waals surface area contributed by atoms with Gasteiger partial charge in [-0.1, -0.05) is 6.07 Å². The number of carbonyl (C=O) groups is 1. The Morgan fingerprint density at radius 1 is 1.28 bits per heavy atom. The number of fused-ring (bicyclic) bond motifs is 1. The molecule has 3 aromatic rings. The van der Waals surface area contributed by atoms with Gasteiger partial charge in [0, 0.05) is 23.4 Å². The van der Waals surface area contributed by atoms with Crippen LogP contribution >= 0.6 is 0 Å². The first-order valence-corrected chi connectivity index (χ1v) is 7.47. The second-order valence-electron chi connectivity index (χ2n) is 5.41. The maximum atomic E-state index is 13.6. The average molecular weight is 347 g/mol. The normalized spacial score (nSPS) is 11.0. The highest BCUT2D eigenvalue weighted by molar-refractivity contribution is 5.95. The molecule has 0 atom stereocenters. The lowest BCUT2D eigenvalue weighted by molar-refractivity contribution is 0.0995. The Morgan fingerprint density at radius 3 is 2.76 bits per heavy atom. The molecular weight excluding hydrogens is 332 g/mol. The molecule has 25 heavy (non-hydrogen) atoms. The second-order valence-corrected chi connectivity index (χ2v) is 5.41. The number of nitrogens with two attached hydrogens (primary N) is 1. The molecule has 0 saturated carbocycles. The van der Waals surface area contributed by atoms with E-state index in [9.17, 15) is 18.7 Å². The molecule has 0 bridgehead atoms. The maximum Gasteiger partial charge on any atom is 0.267 e. The summed E-state index contributed by atoms with van der Waals surface area (Å²) in [6.07, 6.45) is 3.19. The highest BCUT2D eigenvalue weighted by Gasteiger charge is 2.13. The number of rotatable bonds is 6. The third-order valence-corrected chi connectivity index (χ3v) is 3.78. The van der Waals surface area contributed by atoms with Crippen molar-refractivity contribution in [3.05, 3.63) is 65.1 Å². The number of aromatic nitrogens is 2. The monoisotopic (exact) mass is 347 g/mol. The smallest absolute Gasteiger partial charge is 0.267 e. The molecule has 2 heterocycles. The lowest BCUT2D eigenvalue weighted by Crippen LogP contribution is -2.15. The Kier molecular flexibility index (Phi) is 4.62. The quantitative estimate of drug-likeness (QED) is 0.708. The third-order valence-electron chi connectivity index (χ3n) is 3.78. The molecule has 0 aliphatic heterocycles. The van der Waals surface area contributed by atoms with Crippen LogP contribution in [0.4, 0.5) is 8.78 Å². The van der Waals surface area contributed by atoms with Crippen LogP contribution in [-0.4, -0.2) is 27.3 Å². The number of benzene rings is 1. The van der Waals surface area contributed by atoms with E-state index in [1.165, 1.54) is 29.1 Å². The number of hydrogen-bond acceptors (Lipinski definition) is 4. The number of aliphatic hydroxyl groups excluding tert-OH is 1. The van der Waals surface area contributed by atoms with Crippen LogP contribution in [0.1, 0.15) is 21.6 Å². The van der Waals surface area contributed by atoms with Crippen LogP contribution in [-0.2, 0) is 13.0 Å². The third kappa shape index (κ3) is 3.43. The Bertz CT molecular complexity index is 940. The first kappa shape index (κ1) is 16.8. The first-order chi connectivity index (χ1) is 12.0. The van der Waals surface area contributed by atoms with Gasteiger partial charge in [0.05, 0.1) is 19.0 Å². The summed E-state index contributed by atoms with van der Waals surface area (Å²) < 4.78 is 27.9. The lowest BCUT2D eigenvalue weighted by atomic mass is 10.1. The van der Waals surface area contributed by atoms with E-state index in [4.69, 9.17) is 10.6 Å². The number of aliphatic hydroxyl groups is 1. The van der Waals surface area contributed by atoms with Gasteiger partial charge in [-0.15, -0.1) is 0 Å². The van der Waals surface area contributed by atoms with E-state index in [2.05, 4.69) is 4.98 Å². The van der Waals surface area contributed by atoms with Gasteiger partial charge in [-0.2, -0.15) is 4.73 Å². The fraction of sp³-hybridized carbons (Fsp3) is 0.176. The van der Waals surface area contributed by atoms with Crippen molar-refractivity contribution in [1.29, 1.82) is 0 Å². The fourth-order valence-electron chi connectivity index (χ4n) is 2.51. The predicted octanol–water partition coefficient (Wildman–Crippen LogP) is 1.58. The van der Waals surface area contributed by atoms with Crippen LogP contribution < -0.4 is 10.6 Å². The zero-order valence-electron chi connectivity index (χ0n) is 13.1. The average Bonchev–Trinajstić information content (AvgIpc) is 2.94. The number of halogens is 2. The highest BCUT2D eigenvalue weighted by atomic mass is 19.1. The van der Waals surface area contributed by atoms with Crippen LogP contribution in [0.25, 0.3) is 10.9 Å². The summed E-state index contributed by atoms with van der Waals surface area (Å²) in [6.45, 7) is -0.142. The minimum Gasteiger partial charge on any atom is -0.413 e. The topological polar surface area (TPSA) is 90.4 Å². The lowest BCUT2D eigenvalue weighted by Gasteiger charge is -2.09. The van der Waals surface area contributed by atoms with Crippen molar-refractivity contribution in [3.63, 3.8) is 0 Å². The van der Waals surface area contributed by atoms with Gasteiger partial charge in [-0.25, -0.2) is 13.8 Å². The molecule has 0 fully saturated rings. The van der Waals surface area contributed by atoms with Crippen molar-refractivity contribution < 1.29 is 23.5 Å². The largest absolute Gasteiger partial charge is 0.413 e. The molecule has 3 rings (SSSR count). The molecule has 0 aliphatic carbocycles. The summed E-state index contributed by atoms with van der Waals surface area (Å²) >= 11 is 0. The highest BCUT2D eigenvalue weighted by Crippen LogP contribution is 2.21. The van der Waals surface area contributed by atoms with E-state index in [0.717, 1.165) is 6.07 Å². The summed E-state index contributed by atoms with van der Waals surface area (Å²) in [5.74, 6) is -1.95.